The van der Waals surface area contributed by atoms with Gasteiger partial charge in [0.2, 0.25) is 0 Å². The first-order chi connectivity index (χ1) is 11.8. The molecule has 3 heterocycles. The number of carbonyl (C=O) groups is 1. The maximum absolute atomic E-state index is 12.9. The largest absolute Gasteiger partial charge is 0.467 e. The van der Waals surface area contributed by atoms with E-state index in [4.69, 9.17) is 9.15 Å². The minimum atomic E-state index is -0.104. The number of amides is 1. The number of imidazole rings is 1. The van der Waals surface area contributed by atoms with Crippen LogP contribution in [0, 0.1) is 0 Å². The first-order valence-corrected chi connectivity index (χ1v) is 7.53. The molecule has 0 saturated carbocycles. The molecule has 0 unspecified atom stereocenters. The van der Waals surface area contributed by atoms with E-state index in [0.717, 1.165) is 5.76 Å². The Morgan fingerprint density at radius 1 is 1.38 bits per heavy atom. The predicted molar refractivity (Wildman–Crippen MR) is 86.7 cm³/mol. The quantitative estimate of drug-likeness (QED) is 0.665. The van der Waals surface area contributed by atoms with Crippen molar-refractivity contribution in [1.29, 1.82) is 0 Å². The van der Waals surface area contributed by atoms with Crippen LogP contribution in [0.15, 0.2) is 59.9 Å². The van der Waals surface area contributed by atoms with Crippen LogP contribution in [-0.2, 0) is 11.3 Å². The van der Waals surface area contributed by atoms with Gasteiger partial charge in [-0.1, -0.05) is 0 Å². The number of hydrogen-bond donors (Lipinski definition) is 0. The molecule has 3 aromatic heterocycles. The number of methoxy groups -OCH3 is 1. The van der Waals surface area contributed by atoms with Crippen LogP contribution >= 0.6 is 0 Å². The summed E-state index contributed by atoms with van der Waals surface area (Å²) in [6.45, 7) is 1.31. The highest BCUT2D eigenvalue weighted by Gasteiger charge is 2.18. The Morgan fingerprint density at radius 3 is 3.00 bits per heavy atom. The van der Waals surface area contributed by atoms with Gasteiger partial charge in [0.25, 0.3) is 5.91 Å². The summed E-state index contributed by atoms with van der Waals surface area (Å²) < 4.78 is 12.2. The summed E-state index contributed by atoms with van der Waals surface area (Å²) in [4.78, 5) is 22.8. The number of ether oxygens (including phenoxy) is 1. The fourth-order valence-electron chi connectivity index (χ4n) is 2.31. The fraction of sp³-hybridized carbons (Fsp3) is 0.235. The lowest BCUT2D eigenvalue weighted by atomic mass is 10.2. The third-order valence-corrected chi connectivity index (χ3v) is 3.54. The summed E-state index contributed by atoms with van der Waals surface area (Å²) in [6, 6.07) is 7.09. The third-order valence-electron chi connectivity index (χ3n) is 3.54. The second-order valence-corrected chi connectivity index (χ2v) is 5.17. The van der Waals surface area contributed by atoms with Crippen molar-refractivity contribution in [2.45, 2.75) is 6.54 Å². The number of hydrogen-bond acceptors (Lipinski definition) is 5. The number of carbonyl (C=O) groups excluding carboxylic acids is 1. The molecule has 0 fully saturated rings. The summed E-state index contributed by atoms with van der Waals surface area (Å²) in [5, 5.41) is 0. The molecule has 7 heteroatoms. The molecule has 24 heavy (non-hydrogen) atoms. The average molecular weight is 326 g/mol. The molecule has 0 aliphatic carbocycles. The summed E-state index contributed by atoms with van der Waals surface area (Å²) >= 11 is 0. The van der Waals surface area contributed by atoms with E-state index in [1.54, 1.807) is 66.0 Å². The molecule has 0 bridgehead atoms. The van der Waals surface area contributed by atoms with Crippen LogP contribution in [0.25, 0.3) is 5.82 Å². The van der Waals surface area contributed by atoms with Gasteiger partial charge in [0.05, 0.1) is 19.4 Å². The van der Waals surface area contributed by atoms with Gasteiger partial charge >= 0.3 is 0 Å². The van der Waals surface area contributed by atoms with Gasteiger partial charge in [-0.15, -0.1) is 0 Å². The molecule has 0 aliphatic rings. The Bertz CT molecular complexity index is 769. The van der Waals surface area contributed by atoms with E-state index in [-0.39, 0.29) is 5.91 Å². The maximum atomic E-state index is 12.9. The van der Waals surface area contributed by atoms with Crippen LogP contribution in [0.3, 0.4) is 0 Å². The van der Waals surface area contributed by atoms with Crippen molar-refractivity contribution >= 4 is 5.91 Å². The van der Waals surface area contributed by atoms with Gasteiger partial charge in [0, 0.05) is 37.8 Å². The number of pyridine rings is 1. The van der Waals surface area contributed by atoms with Crippen molar-refractivity contribution in [3.8, 4) is 5.82 Å². The van der Waals surface area contributed by atoms with E-state index in [9.17, 15) is 4.79 Å². The van der Waals surface area contributed by atoms with Crippen LogP contribution in [0.1, 0.15) is 16.1 Å². The molecule has 7 nitrogen and oxygen atoms in total. The predicted octanol–water partition coefficient (Wildman–Crippen LogP) is 2.15. The summed E-state index contributed by atoms with van der Waals surface area (Å²) in [5.41, 5.74) is 0.552. The van der Waals surface area contributed by atoms with Gasteiger partial charge in [-0.25, -0.2) is 9.97 Å². The molecular formula is C17H18N4O3. The molecule has 124 valence electrons. The van der Waals surface area contributed by atoms with Crippen molar-refractivity contribution in [3.63, 3.8) is 0 Å². The maximum Gasteiger partial charge on any atom is 0.254 e. The van der Waals surface area contributed by atoms with Gasteiger partial charge in [-0.2, -0.15) is 0 Å². The van der Waals surface area contributed by atoms with Crippen LogP contribution in [0.2, 0.25) is 0 Å². The van der Waals surface area contributed by atoms with Crippen molar-refractivity contribution in [2.24, 2.45) is 0 Å². The van der Waals surface area contributed by atoms with Gasteiger partial charge in [-0.05, 0) is 24.3 Å². The summed E-state index contributed by atoms with van der Waals surface area (Å²) in [5.74, 6) is 1.26. The minimum Gasteiger partial charge on any atom is -0.467 e. The first kappa shape index (κ1) is 15.9. The van der Waals surface area contributed by atoms with E-state index in [2.05, 4.69) is 9.97 Å². The van der Waals surface area contributed by atoms with Gasteiger partial charge in [0.15, 0.2) is 0 Å². The van der Waals surface area contributed by atoms with E-state index in [1.807, 2.05) is 6.07 Å². The molecular weight excluding hydrogens is 308 g/mol. The SMILES string of the molecule is COCCN(Cc1ccco1)C(=O)c1ccnc(-n2ccnc2)c1. The van der Waals surface area contributed by atoms with Crippen LogP contribution in [-0.4, -0.2) is 45.6 Å². The summed E-state index contributed by atoms with van der Waals surface area (Å²) in [6.07, 6.45) is 8.30. The normalized spacial score (nSPS) is 10.7. The minimum absolute atomic E-state index is 0.104. The zero-order valence-corrected chi connectivity index (χ0v) is 13.3. The fourth-order valence-corrected chi connectivity index (χ4v) is 2.31. The van der Waals surface area contributed by atoms with Crippen molar-refractivity contribution in [3.05, 3.63) is 66.8 Å². The molecule has 3 aromatic rings. The molecule has 1 amide bonds. The monoisotopic (exact) mass is 326 g/mol. The van der Waals surface area contributed by atoms with E-state index >= 15 is 0 Å². The molecule has 0 spiro atoms. The number of nitrogens with zero attached hydrogens (tertiary/aromatic N) is 4. The number of rotatable bonds is 7. The highest BCUT2D eigenvalue weighted by atomic mass is 16.5. The van der Waals surface area contributed by atoms with E-state index < -0.39 is 0 Å². The zero-order chi connectivity index (χ0) is 16.8. The third kappa shape index (κ3) is 3.69. The topological polar surface area (TPSA) is 73.4 Å². The molecule has 0 aromatic carbocycles. The molecule has 3 rings (SSSR count). The van der Waals surface area contributed by atoms with Crippen molar-refractivity contribution < 1.29 is 13.9 Å². The van der Waals surface area contributed by atoms with Gasteiger partial charge in [-0.3, -0.25) is 9.36 Å². The van der Waals surface area contributed by atoms with Crippen molar-refractivity contribution in [1.82, 2.24) is 19.4 Å². The van der Waals surface area contributed by atoms with Crippen molar-refractivity contribution in [2.75, 3.05) is 20.3 Å². The molecule has 0 aliphatic heterocycles. The molecule has 0 N–H and O–H groups in total. The molecule has 0 saturated heterocycles. The van der Waals surface area contributed by atoms with Gasteiger partial charge in [0.1, 0.15) is 17.9 Å². The van der Waals surface area contributed by atoms with E-state index in [0.29, 0.717) is 31.1 Å². The average Bonchev–Trinajstić information content (AvgIpc) is 3.31. The first-order valence-electron chi connectivity index (χ1n) is 7.53. The lowest BCUT2D eigenvalue weighted by Crippen LogP contribution is -2.33. The summed E-state index contributed by atoms with van der Waals surface area (Å²) in [7, 11) is 1.61. The van der Waals surface area contributed by atoms with Crippen LogP contribution in [0.5, 0.6) is 0 Å². The number of furan rings is 1. The second kappa shape index (κ2) is 7.56. The Labute approximate surface area is 139 Å². The van der Waals surface area contributed by atoms with Gasteiger partial charge < -0.3 is 14.1 Å². The number of aromatic nitrogens is 3. The zero-order valence-electron chi connectivity index (χ0n) is 13.3. The van der Waals surface area contributed by atoms with Crippen LogP contribution in [0.4, 0.5) is 0 Å². The highest BCUT2D eigenvalue weighted by Crippen LogP contribution is 2.13. The smallest absolute Gasteiger partial charge is 0.254 e. The lowest BCUT2D eigenvalue weighted by molar-refractivity contribution is 0.0666. The Balaban J connectivity index is 1.82. The highest BCUT2D eigenvalue weighted by molar-refractivity contribution is 5.94. The second-order valence-electron chi connectivity index (χ2n) is 5.17. The Hall–Kier alpha value is -2.93. The molecule has 0 radical (unpaired) electrons. The Morgan fingerprint density at radius 2 is 2.29 bits per heavy atom. The molecule has 0 atom stereocenters. The standard InChI is InChI=1S/C17H18N4O3/c1-23-10-8-20(12-15-3-2-9-24-15)17(22)14-4-5-19-16(11-14)21-7-6-18-13-21/h2-7,9,11,13H,8,10,12H2,1H3. The van der Waals surface area contributed by atoms with Crippen LogP contribution < -0.4 is 0 Å². The van der Waals surface area contributed by atoms with E-state index in [1.165, 1.54) is 0 Å². The Kier molecular flexibility index (Phi) is 5.02. The lowest BCUT2D eigenvalue weighted by Gasteiger charge is -2.21.